The van der Waals surface area contributed by atoms with Gasteiger partial charge in [-0.1, -0.05) is 13.8 Å². The maximum atomic E-state index is 12.1. The summed E-state index contributed by atoms with van der Waals surface area (Å²) in [4.78, 5) is 14.0. The first-order chi connectivity index (χ1) is 7.54. The highest BCUT2D eigenvalue weighted by atomic mass is 16.2. The smallest absolute Gasteiger partial charge is 0.225 e. The molecular weight excluding hydrogens is 200 g/mol. The van der Waals surface area contributed by atoms with Crippen LogP contribution in [-0.2, 0) is 4.79 Å². The summed E-state index contributed by atoms with van der Waals surface area (Å²) in [5.41, 5.74) is 0. The lowest BCUT2D eigenvalue weighted by Gasteiger charge is -2.31. The first-order valence-corrected chi connectivity index (χ1v) is 6.46. The van der Waals surface area contributed by atoms with Gasteiger partial charge in [0, 0.05) is 25.6 Å². The molecule has 0 radical (unpaired) electrons. The van der Waals surface area contributed by atoms with Crippen molar-refractivity contribution in [2.75, 3.05) is 20.6 Å². The van der Waals surface area contributed by atoms with Crippen LogP contribution in [0, 0.1) is 11.8 Å². The number of nitrogens with one attached hydrogen (secondary N) is 1. The highest BCUT2D eigenvalue weighted by molar-refractivity contribution is 5.78. The van der Waals surface area contributed by atoms with E-state index in [2.05, 4.69) is 19.2 Å². The van der Waals surface area contributed by atoms with Crippen LogP contribution < -0.4 is 5.32 Å². The highest BCUT2D eigenvalue weighted by Gasteiger charge is 2.27. The van der Waals surface area contributed by atoms with Gasteiger partial charge in [0.2, 0.25) is 5.91 Å². The summed E-state index contributed by atoms with van der Waals surface area (Å²) in [6.07, 6.45) is 4.38. The lowest BCUT2D eigenvalue weighted by Crippen LogP contribution is -2.39. The molecule has 1 aliphatic rings. The van der Waals surface area contributed by atoms with Crippen molar-refractivity contribution in [3.63, 3.8) is 0 Å². The molecule has 0 aromatic heterocycles. The Morgan fingerprint density at radius 2 is 1.88 bits per heavy atom. The number of hydrogen-bond donors (Lipinski definition) is 1. The van der Waals surface area contributed by atoms with Crippen LogP contribution >= 0.6 is 0 Å². The van der Waals surface area contributed by atoms with E-state index in [0.29, 0.717) is 17.9 Å². The van der Waals surface area contributed by atoms with Gasteiger partial charge in [0.15, 0.2) is 0 Å². The second-order valence-corrected chi connectivity index (χ2v) is 5.45. The summed E-state index contributed by atoms with van der Waals surface area (Å²) in [7, 11) is 3.95. The molecule has 0 unspecified atom stereocenters. The van der Waals surface area contributed by atoms with Crippen LogP contribution in [0.3, 0.4) is 0 Å². The Hall–Kier alpha value is -0.570. The minimum absolute atomic E-state index is 0.272. The van der Waals surface area contributed by atoms with Crippen molar-refractivity contribution < 1.29 is 4.79 Å². The Bertz CT molecular complexity index is 220. The molecule has 1 amide bonds. The van der Waals surface area contributed by atoms with Crippen molar-refractivity contribution in [2.45, 2.75) is 45.6 Å². The van der Waals surface area contributed by atoms with E-state index in [1.165, 1.54) is 0 Å². The molecule has 1 aliphatic carbocycles. The lowest BCUT2D eigenvalue weighted by atomic mass is 9.85. The second-order valence-electron chi connectivity index (χ2n) is 5.45. The summed E-state index contributed by atoms with van der Waals surface area (Å²) in [5.74, 6) is 1.18. The van der Waals surface area contributed by atoms with Gasteiger partial charge in [-0.25, -0.2) is 0 Å². The van der Waals surface area contributed by atoms with Gasteiger partial charge in [-0.15, -0.1) is 0 Å². The third-order valence-electron chi connectivity index (χ3n) is 3.50. The van der Waals surface area contributed by atoms with Crippen LogP contribution in [0.15, 0.2) is 0 Å². The lowest BCUT2D eigenvalue weighted by molar-refractivity contribution is -0.135. The molecule has 3 heteroatoms. The first kappa shape index (κ1) is 13.5. The normalized spacial score (nSPS) is 25.8. The third kappa shape index (κ3) is 3.78. The van der Waals surface area contributed by atoms with Crippen LogP contribution in [0.4, 0.5) is 0 Å². The topological polar surface area (TPSA) is 32.3 Å². The molecule has 0 heterocycles. The van der Waals surface area contributed by atoms with Crippen molar-refractivity contribution in [2.24, 2.45) is 11.8 Å². The standard InChI is InChI=1S/C13H26N2O/c1-10(2)9-15(4)13(16)11-5-7-12(14-3)8-6-11/h10-12,14H,5-9H2,1-4H3. The highest BCUT2D eigenvalue weighted by Crippen LogP contribution is 2.25. The second kappa shape index (κ2) is 6.24. The summed E-state index contributed by atoms with van der Waals surface area (Å²) in [6, 6.07) is 0.624. The van der Waals surface area contributed by atoms with Crippen molar-refractivity contribution in [3.05, 3.63) is 0 Å². The van der Waals surface area contributed by atoms with Gasteiger partial charge < -0.3 is 10.2 Å². The van der Waals surface area contributed by atoms with Crippen molar-refractivity contribution in [1.29, 1.82) is 0 Å². The van der Waals surface area contributed by atoms with Crippen LogP contribution in [0.1, 0.15) is 39.5 Å². The van der Waals surface area contributed by atoms with E-state index in [9.17, 15) is 4.79 Å². The SMILES string of the molecule is CNC1CCC(C(=O)N(C)CC(C)C)CC1. The average molecular weight is 226 g/mol. The predicted molar refractivity (Wildman–Crippen MR) is 67.3 cm³/mol. The minimum Gasteiger partial charge on any atom is -0.345 e. The van der Waals surface area contributed by atoms with Gasteiger partial charge in [0.25, 0.3) is 0 Å². The Kier molecular flexibility index (Phi) is 5.26. The maximum Gasteiger partial charge on any atom is 0.225 e. The number of carbonyl (C=O) groups excluding carboxylic acids is 1. The Balaban J connectivity index is 2.38. The maximum absolute atomic E-state index is 12.1. The Morgan fingerprint density at radius 3 is 2.31 bits per heavy atom. The van der Waals surface area contributed by atoms with Crippen molar-refractivity contribution in [3.8, 4) is 0 Å². The minimum atomic E-state index is 0.272. The largest absolute Gasteiger partial charge is 0.345 e. The fourth-order valence-corrected chi connectivity index (χ4v) is 2.58. The van der Waals surface area contributed by atoms with E-state index >= 15 is 0 Å². The molecule has 0 saturated heterocycles. The molecule has 0 aromatic carbocycles. The van der Waals surface area contributed by atoms with Gasteiger partial charge in [-0.05, 0) is 38.6 Å². The molecule has 0 atom stereocenters. The molecular formula is C13H26N2O. The molecule has 0 aliphatic heterocycles. The number of carbonyl (C=O) groups is 1. The summed E-state index contributed by atoms with van der Waals surface area (Å²) < 4.78 is 0. The number of rotatable bonds is 4. The molecule has 1 fully saturated rings. The van der Waals surface area contributed by atoms with Gasteiger partial charge in [-0.2, -0.15) is 0 Å². The summed E-state index contributed by atoms with van der Waals surface area (Å²) >= 11 is 0. The molecule has 1 saturated carbocycles. The molecule has 16 heavy (non-hydrogen) atoms. The predicted octanol–water partition coefficient (Wildman–Crippen LogP) is 1.88. The zero-order chi connectivity index (χ0) is 12.1. The number of amides is 1. The number of nitrogens with zero attached hydrogens (tertiary/aromatic N) is 1. The molecule has 1 N–H and O–H groups in total. The molecule has 0 aromatic rings. The Labute approximate surface area is 99.6 Å². The zero-order valence-electron chi connectivity index (χ0n) is 11.1. The monoisotopic (exact) mass is 226 g/mol. The van der Waals surface area contributed by atoms with Gasteiger partial charge in [-0.3, -0.25) is 4.79 Å². The van der Waals surface area contributed by atoms with E-state index in [-0.39, 0.29) is 5.92 Å². The van der Waals surface area contributed by atoms with Gasteiger partial charge in [0.05, 0.1) is 0 Å². The molecule has 0 bridgehead atoms. The first-order valence-electron chi connectivity index (χ1n) is 6.46. The van der Waals surface area contributed by atoms with Crippen LogP contribution in [0.2, 0.25) is 0 Å². The van der Waals surface area contributed by atoms with Gasteiger partial charge in [0.1, 0.15) is 0 Å². The molecule has 3 nitrogen and oxygen atoms in total. The van der Waals surface area contributed by atoms with E-state index in [1.807, 2.05) is 19.0 Å². The molecule has 0 spiro atoms. The van der Waals surface area contributed by atoms with E-state index in [0.717, 1.165) is 32.2 Å². The summed E-state index contributed by atoms with van der Waals surface area (Å²) in [6.45, 7) is 5.19. The third-order valence-corrected chi connectivity index (χ3v) is 3.50. The Morgan fingerprint density at radius 1 is 1.31 bits per heavy atom. The summed E-state index contributed by atoms with van der Waals surface area (Å²) in [5, 5.41) is 3.30. The van der Waals surface area contributed by atoms with E-state index < -0.39 is 0 Å². The average Bonchev–Trinajstić information content (AvgIpc) is 2.27. The zero-order valence-corrected chi connectivity index (χ0v) is 11.1. The van der Waals surface area contributed by atoms with E-state index in [4.69, 9.17) is 0 Å². The quantitative estimate of drug-likeness (QED) is 0.794. The van der Waals surface area contributed by atoms with Crippen molar-refractivity contribution >= 4 is 5.91 Å². The fraction of sp³-hybridized carbons (Fsp3) is 0.923. The van der Waals surface area contributed by atoms with Crippen LogP contribution in [0.5, 0.6) is 0 Å². The fourth-order valence-electron chi connectivity index (χ4n) is 2.58. The van der Waals surface area contributed by atoms with Crippen LogP contribution in [-0.4, -0.2) is 37.5 Å². The molecule has 94 valence electrons. The van der Waals surface area contributed by atoms with Gasteiger partial charge >= 0.3 is 0 Å². The van der Waals surface area contributed by atoms with E-state index in [1.54, 1.807) is 0 Å². The van der Waals surface area contributed by atoms with Crippen molar-refractivity contribution in [1.82, 2.24) is 10.2 Å². The molecule has 1 rings (SSSR count). The number of hydrogen-bond acceptors (Lipinski definition) is 2. The van der Waals surface area contributed by atoms with Crippen LogP contribution in [0.25, 0.3) is 0 Å².